The Morgan fingerprint density at radius 2 is 1.93 bits per heavy atom. The van der Waals surface area contributed by atoms with Crippen molar-refractivity contribution in [1.82, 2.24) is 10.2 Å². The highest BCUT2D eigenvalue weighted by Gasteiger charge is 2.47. The van der Waals surface area contributed by atoms with Gasteiger partial charge in [0.1, 0.15) is 0 Å². The molecule has 0 saturated heterocycles. The number of carbonyl (C=O) groups is 1. The molecule has 2 fully saturated rings. The topological polar surface area (TPSA) is 32.3 Å². The maximum atomic E-state index is 11.7. The van der Waals surface area contributed by atoms with Crippen LogP contribution in [0.3, 0.4) is 0 Å². The number of hydrogen-bond donors (Lipinski definition) is 1. The first-order valence-corrected chi connectivity index (χ1v) is 6.09. The highest BCUT2D eigenvalue weighted by Crippen LogP contribution is 2.54. The summed E-state index contributed by atoms with van der Waals surface area (Å²) >= 11 is 0. The predicted molar refractivity (Wildman–Crippen MR) is 60.5 cm³/mol. The normalized spacial score (nSPS) is 32.9. The van der Waals surface area contributed by atoms with Gasteiger partial charge in [0.25, 0.3) is 0 Å². The summed E-state index contributed by atoms with van der Waals surface area (Å²) in [5, 5.41) is 3.06. The standard InChI is InChI=1S/C12H22N2O/c1-14(2)5-3-4-13-12(15)11-7-9-6-10(9)8-11/h9-11H,3-8H2,1-2H3,(H,13,15). The molecule has 0 aromatic rings. The van der Waals surface area contributed by atoms with E-state index in [1.165, 1.54) is 6.42 Å². The van der Waals surface area contributed by atoms with Gasteiger partial charge in [0.15, 0.2) is 0 Å². The van der Waals surface area contributed by atoms with Crippen molar-refractivity contribution in [1.29, 1.82) is 0 Å². The minimum atomic E-state index is 0.306. The molecule has 2 aliphatic rings. The number of nitrogens with one attached hydrogen (secondary N) is 1. The molecule has 0 radical (unpaired) electrons. The third-order valence-corrected chi connectivity index (χ3v) is 3.70. The maximum Gasteiger partial charge on any atom is 0.223 e. The smallest absolute Gasteiger partial charge is 0.223 e. The van der Waals surface area contributed by atoms with Gasteiger partial charge in [-0.1, -0.05) is 0 Å². The van der Waals surface area contributed by atoms with Crippen LogP contribution in [-0.2, 0) is 4.79 Å². The van der Waals surface area contributed by atoms with Crippen LogP contribution < -0.4 is 5.32 Å². The van der Waals surface area contributed by atoms with E-state index < -0.39 is 0 Å². The van der Waals surface area contributed by atoms with Crippen LogP contribution in [0.1, 0.15) is 25.7 Å². The van der Waals surface area contributed by atoms with E-state index in [1.807, 2.05) is 0 Å². The fraction of sp³-hybridized carbons (Fsp3) is 0.917. The number of amides is 1. The molecule has 1 N–H and O–H groups in total. The summed E-state index contributed by atoms with van der Waals surface area (Å²) in [6.07, 6.45) is 4.76. The first-order chi connectivity index (χ1) is 7.16. The summed E-state index contributed by atoms with van der Waals surface area (Å²) in [5.74, 6) is 2.46. The molecule has 2 unspecified atom stereocenters. The number of nitrogens with zero attached hydrogens (tertiary/aromatic N) is 1. The van der Waals surface area contributed by atoms with Gasteiger partial charge in [-0.05, 0) is 58.2 Å². The minimum absolute atomic E-state index is 0.306. The molecule has 3 heteroatoms. The van der Waals surface area contributed by atoms with Gasteiger partial charge < -0.3 is 10.2 Å². The molecule has 2 rings (SSSR count). The Balaban J connectivity index is 1.57. The van der Waals surface area contributed by atoms with Gasteiger partial charge in [0.05, 0.1) is 0 Å². The molecule has 2 saturated carbocycles. The lowest BCUT2D eigenvalue weighted by molar-refractivity contribution is -0.125. The third-order valence-electron chi connectivity index (χ3n) is 3.70. The molecule has 0 aliphatic heterocycles. The number of fused-ring (bicyclic) bond motifs is 1. The largest absolute Gasteiger partial charge is 0.356 e. The van der Waals surface area contributed by atoms with Crippen LogP contribution in [0.4, 0.5) is 0 Å². The fourth-order valence-electron chi connectivity index (χ4n) is 2.68. The molecule has 3 nitrogen and oxygen atoms in total. The van der Waals surface area contributed by atoms with E-state index >= 15 is 0 Å². The Labute approximate surface area is 92.2 Å². The van der Waals surface area contributed by atoms with Crippen LogP contribution in [0.5, 0.6) is 0 Å². The zero-order valence-electron chi connectivity index (χ0n) is 9.83. The Bertz CT molecular complexity index is 230. The van der Waals surface area contributed by atoms with Gasteiger partial charge in [-0.2, -0.15) is 0 Å². The highest BCUT2D eigenvalue weighted by molar-refractivity contribution is 5.79. The number of carbonyl (C=O) groups excluding carboxylic acids is 1. The van der Waals surface area contributed by atoms with Crippen LogP contribution in [0, 0.1) is 17.8 Å². The summed E-state index contributed by atoms with van der Waals surface area (Å²) in [7, 11) is 4.12. The van der Waals surface area contributed by atoms with Crippen molar-refractivity contribution in [3.63, 3.8) is 0 Å². The lowest BCUT2D eigenvalue weighted by Gasteiger charge is -2.13. The lowest BCUT2D eigenvalue weighted by atomic mass is 10.0. The Morgan fingerprint density at radius 1 is 1.27 bits per heavy atom. The van der Waals surface area contributed by atoms with Crippen LogP contribution in [0.2, 0.25) is 0 Å². The van der Waals surface area contributed by atoms with Crippen molar-refractivity contribution in [2.75, 3.05) is 27.2 Å². The minimum Gasteiger partial charge on any atom is -0.356 e. The Hall–Kier alpha value is -0.570. The number of rotatable bonds is 5. The lowest BCUT2D eigenvalue weighted by Crippen LogP contribution is -2.32. The van der Waals surface area contributed by atoms with Crippen molar-refractivity contribution >= 4 is 5.91 Å². The SMILES string of the molecule is CN(C)CCCNC(=O)C1CC2CC2C1. The second-order valence-corrected chi connectivity index (χ2v) is 5.37. The van der Waals surface area contributed by atoms with Gasteiger partial charge >= 0.3 is 0 Å². The summed E-state index contributed by atoms with van der Waals surface area (Å²) < 4.78 is 0. The molecule has 2 aliphatic carbocycles. The molecule has 0 spiro atoms. The van der Waals surface area contributed by atoms with E-state index in [1.54, 1.807) is 0 Å². The Kier molecular flexibility index (Phi) is 3.29. The second kappa shape index (κ2) is 4.52. The van der Waals surface area contributed by atoms with Crippen molar-refractivity contribution in [3.05, 3.63) is 0 Å². The van der Waals surface area contributed by atoms with Gasteiger partial charge in [0, 0.05) is 12.5 Å². The molecular formula is C12H22N2O. The molecule has 0 heterocycles. The molecule has 15 heavy (non-hydrogen) atoms. The second-order valence-electron chi connectivity index (χ2n) is 5.37. The molecule has 0 bridgehead atoms. The summed E-state index contributed by atoms with van der Waals surface area (Å²) in [6.45, 7) is 1.89. The van der Waals surface area contributed by atoms with Gasteiger partial charge in [-0.15, -0.1) is 0 Å². The molecule has 86 valence electrons. The molecule has 0 aromatic heterocycles. The Morgan fingerprint density at radius 3 is 2.53 bits per heavy atom. The summed E-state index contributed by atoms with van der Waals surface area (Å²) in [6, 6.07) is 0. The van der Waals surface area contributed by atoms with Crippen LogP contribution in [-0.4, -0.2) is 38.0 Å². The summed E-state index contributed by atoms with van der Waals surface area (Å²) in [5.41, 5.74) is 0. The van der Waals surface area contributed by atoms with Crippen molar-refractivity contribution in [3.8, 4) is 0 Å². The fourth-order valence-corrected chi connectivity index (χ4v) is 2.68. The molecule has 0 aromatic carbocycles. The van der Waals surface area contributed by atoms with Crippen LogP contribution in [0.15, 0.2) is 0 Å². The predicted octanol–water partition coefficient (Wildman–Crippen LogP) is 1.10. The maximum absolute atomic E-state index is 11.7. The molecular weight excluding hydrogens is 188 g/mol. The van der Waals surface area contributed by atoms with E-state index in [-0.39, 0.29) is 0 Å². The zero-order chi connectivity index (χ0) is 10.8. The molecule has 2 atom stereocenters. The van der Waals surface area contributed by atoms with E-state index in [2.05, 4.69) is 24.3 Å². The number of hydrogen-bond acceptors (Lipinski definition) is 2. The zero-order valence-corrected chi connectivity index (χ0v) is 9.83. The average Bonchev–Trinajstić information content (AvgIpc) is 2.80. The monoisotopic (exact) mass is 210 g/mol. The van der Waals surface area contributed by atoms with Gasteiger partial charge in [-0.3, -0.25) is 4.79 Å². The van der Waals surface area contributed by atoms with E-state index in [0.29, 0.717) is 11.8 Å². The van der Waals surface area contributed by atoms with E-state index in [4.69, 9.17) is 0 Å². The average molecular weight is 210 g/mol. The first kappa shape index (κ1) is 10.9. The van der Waals surface area contributed by atoms with Crippen molar-refractivity contribution in [2.24, 2.45) is 17.8 Å². The van der Waals surface area contributed by atoms with Crippen LogP contribution in [0.25, 0.3) is 0 Å². The van der Waals surface area contributed by atoms with E-state index in [0.717, 1.165) is 44.2 Å². The first-order valence-electron chi connectivity index (χ1n) is 6.09. The summed E-state index contributed by atoms with van der Waals surface area (Å²) in [4.78, 5) is 13.9. The van der Waals surface area contributed by atoms with Gasteiger partial charge in [-0.25, -0.2) is 0 Å². The molecule has 1 amide bonds. The van der Waals surface area contributed by atoms with E-state index in [9.17, 15) is 4.79 Å². The van der Waals surface area contributed by atoms with Gasteiger partial charge in [0.2, 0.25) is 5.91 Å². The highest BCUT2D eigenvalue weighted by atomic mass is 16.1. The van der Waals surface area contributed by atoms with Crippen molar-refractivity contribution < 1.29 is 4.79 Å². The third kappa shape index (κ3) is 2.94. The van der Waals surface area contributed by atoms with Crippen LogP contribution >= 0.6 is 0 Å². The quantitative estimate of drug-likeness (QED) is 0.689. The van der Waals surface area contributed by atoms with Crippen molar-refractivity contribution in [2.45, 2.75) is 25.7 Å².